The van der Waals surface area contributed by atoms with Gasteiger partial charge in [-0.15, -0.1) is 0 Å². The normalized spacial score (nSPS) is 15.0. The van der Waals surface area contributed by atoms with E-state index in [-0.39, 0.29) is 18.4 Å². The lowest BCUT2D eigenvalue weighted by atomic mass is 9.98. The van der Waals surface area contributed by atoms with Crippen LogP contribution in [0.4, 0.5) is 0 Å². The van der Waals surface area contributed by atoms with Crippen LogP contribution in [-0.4, -0.2) is 37.6 Å². The van der Waals surface area contributed by atoms with Crippen molar-refractivity contribution in [1.29, 1.82) is 0 Å². The SMILES string of the molecule is Cc1ccccc1C(=O)NCC(=O)NCCCOC1CCCCC1. The summed E-state index contributed by atoms with van der Waals surface area (Å²) < 4.78 is 5.81. The lowest BCUT2D eigenvalue weighted by Gasteiger charge is -2.21. The maximum atomic E-state index is 12.0. The molecule has 0 atom stereocenters. The summed E-state index contributed by atoms with van der Waals surface area (Å²) in [5.74, 6) is -0.390. The molecule has 1 aromatic rings. The van der Waals surface area contributed by atoms with Crippen molar-refractivity contribution in [2.75, 3.05) is 19.7 Å². The second-order valence-electron chi connectivity index (χ2n) is 6.33. The predicted molar refractivity (Wildman–Crippen MR) is 94.0 cm³/mol. The minimum Gasteiger partial charge on any atom is -0.378 e. The van der Waals surface area contributed by atoms with Gasteiger partial charge < -0.3 is 15.4 Å². The van der Waals surface area contributed by atoms with Crippen molar-refractivity contribution < 1.29 is 14.3 Å². The molecule has 1 aliphatic carbocycles. The van der Waals surface area contributed by atoms with Crippen LogP contribution in [0.15, 0.2) is 24.3 Å². The van der Waals surface area contributed by atoms with Gasteiger partial charge in [0.25, 0.3) is 5.91 Å². The number of carbonyl (C=O) groups is 2. The summed E-state index contributed by atoms with van der Waals surface area (Å²) in [5, 5.41) is 5.46. The van der Waals surface area contributed by atoms with Crippen LogP contribution >= 0.6 is 0 Å². The lowest BCUT2D eigenvalue weighted by molar-refractivity contribution is -0.120. The van der Waals surface area contributed by atoms with E-state index in [1.165, 1.54) is 19.3 Å². The zero-order valence-corrected chi connectivity index (χ0v) is 14.5. The van der Waals surface area contributed by atoms with E-state index in [2.05, 4.69) is 10.6 Å². The van der Waals surface area contributed by atoms with Crippen molar-refractivity contribution in [3.05, 3.63) is 35.4 Å². The molecule has 0 aromatic heterocycles. The molecule has 1 saturated carbocycles. The minimum atomic E-state index is -0.219. The smallest absolute Gasteiger partial charge is 0.251 e. The summed E-state index contributed by atoms with van der Waals surface area (Å²) in [4.78, 5) is 23.8. The van der Waals surface area contributed by atoms with Gasteiger partial charge in [0, 0.05) is 18.7 Å². The van der Waals surface area contributed by atoms with Crippen molar-refractivity contribution in [2.45, 2.75) is 51.6 Å². The van der Waals surface area contributed by atoms with Crippen LogP contribution in [0.2, 0.25) is 0 Å². The van der Waals surface area contributed by atoms with Gasteiger partial charge in [-0.2, -0.15) is 0 Å². The summed E-state index contributed by atoms with van der Waals surface area (Å²) >= 11 is 0. The summed E-state index contributed by atoms with van der Waals surface area (Å²) in [6.45, 7) is 3.13. The fraction of sp³-hybridized carbons (Fsp3) is 0.579. The molecule has 0 unspecified atom stereocenters. The van der Waals surface area contributed by atoms with Crippen molar-refractivity contribution >= 4 is 11.8 Å². The van der Waals surface area contributed by atoms with Gasteiger partial charge in [0.15, 0.2) is 0 Å². The molecule has 24 heavy (non-hydrogen) atoms. The Labute approximate surface area is 144 Å². The Morgan fingerprint density at radius 2 is 1.88 bits per heavy atom. The molecule has 5 nitrogen and oxygen atoms in total. The van der Waals surface area contributed by atoms with Gasteiger partial charge in [-0.05, 0) is 37.8 Å². The Kier molecular flexibility index (Phi) is 7.75. The zero-order valence-electron chi connectivity index (χ0n) is 14.5. The summed E-state index contributed by atoms with van der Waals surface area (Å²) in [6.07, 6.45) is 7.39. The average molecular weight is 332 g/mol. The number of hydrogen-bond acceptors (Lipinski definition) is 3. The number of hydrogen-bond donors (Lipinski definition) is 2. The summed E-state index contributed by atoms with van der Waals surface area (Å²) in [7, 11) is 0. The number of nitrogens with one attached hydrogen (secondary N) is 2. The highest BCUT2D eigenvalue weighted by Crippen LogP contribution is 2.20. The Morgan fingerprint density at radius 3 is 2.62 bits per heavy atom. The standard InChI is InChI=1S/C19H28N2O3/c1-15-8-5-6-11-17(15)19(23)21-14-18(22)20-12-7-13-24-16-9-3-2-4-10-16/h5-6,8,11,16H,2-4,7,9-10,12-14H2,1H3,(H,20,22)(H,21,23). The molecule has 0 radical (unpaired) electrons. The van der Waals surface area contributed by atoms with E-state index in [9.17, 15) is 9.59 Å². The monoisotopic (exact) mass is 332 g/mol. The van der Waals surface area contributed by atoms with E-state index in [1.807, 2.05) is 25.1 Å². The number of rotatable bonds is 8. The van der Waals surface area contributed by atoms with Gasteiger partial charge in [-0.25, -0.2) is 0 Å². The molecular formula is C19H28N2O3. The third-order valence-electron chi connectivity index (χ3n) is 4.35. The Balaban J connectivity index is 1.55. The molecule has 1 aromatic carbocycles. The van der Waals surface area contributed by atoms with Crippen LogP contribution in [0.5, 0.6) is 0 Å². The molecule has 2 N–H and O–H groups in total. The first-order valence-electron chi connectivity index (χ1n) is 8.89. The van der Waals surface area contributed by atoms with Gasteiger partial charge >= 0.3 is 0 Å². The van der Waals surface area contributed by atoms with Gasteiger partial charge in [-0.1, -0.05) is 37.5 Å². The van der Waals surface area contributed by atoms with E-state index >= 15 is 0 Å². The number of ether oxygens (including phenoxy) is 1. The molecule has 0 saturated heterocycles. The van der Waals surface area contributed by atoms with Crippen LogP contribution in [0.3, 0.4) is 0 Å². The molecular weight excluding hydrogens is 304 g/mol. The van der Waals surface area contributed by atoms with Crippen molar-refractivity contribution in [1.82, 2.24) is 10.6 Å². The molecule has 0 aliphatic heterocycles. The lowest BCUT2D eigenvalue weighted by Crippen LogP contribution is -2.37. The van der Waals surface area contributed by atoms with Crippen LogP contribution in [0.1, 0.15) is 54.4 Å². The fourth-order valence-electron chi connectivity index (χ4n) is 2.93. The third-order valence-corrected chi connectivity index (χ3v) is 4.35. The molecule has 2 amide bonds. The molecule has 0 bridgehead atoms. The zero-order chi connectivity index (χ0) is 17.2. The molecule has 1 aliphatic rings. The Bertz CT molecular complexity index is 539. The van der Waals surface area contributed by atoms with Crippen molar-refractivity contribution in [3.8, 4) is 0 Å². The van der Waals surface area contributed by atoms with Crippen LogP contribution in [0, 0.1) is 6.92 Å². The highest BCUT2D eigenvalue weighted by molar-refractivity contribution is 5.97. The van der Waals surface area contributed by atoms with Gasteiger partial charge in [0.05, 0.1) is 12.6 Å². The summed E-state index contributed by atoms with van der Waals surface area (Å²) in [6, 6.07) is 7.33. The molecule has 132 valence electrons. The minimum absolute atomic E-state index is 0.00332. The fourth-order valence-corrected chi connectivity index (χ4v) is 2.93. The number of carbonyl (C=O) groups excluding carboxylic acids is 2. The number of aryl methyl sites for hydroxylation is 1. The second-order valence-corrected chi connectivity index (χ2v) is 6.33. The number of amides is 2. The first-order valence-corrected chi connectivity index (χ1v) is 8.89. The molecule has 0 heterocycles. The molecule has 2 rings (SSSR count). The van der Waals surface area contributed by atoms with E-state index in [0.717, 1.165) is 24.8 Å². The number of benzene rings is 1. The van der Waals surface area contributed by atoms with E-state index in [1.54, 1.807) is 6.07 Å². The third kappa shape index (κ3) is 6.32. The first-order chi connectivity index (χ1) is 11.7. The van der Waals surface area contributed by atoms with Crippen LogP contribution in [0.25, 0.3) is 0 Å². The predicted octanol–water partition coefficient (Wildman–Crippen LogP) is 2.58. The van der Waals surface area contributed by atoms with Crippen LogP contribution < -0.4 is 10.6 Å². The van der Waals surface area contributed by atoms with E-state index < -0.39 is 0 Å². The highest BCUT2D eigenvalue weighted by Gasteiger charge is 2.13. The van der Waals surface area contributed by atoms with Crippen LogP contribution in [-0.2, 0) is 9.53 Å². The summed E-state index contributed by atoms with van der Waals surface area (Å²) in [5.41, 5.74) is 1.50. The van der Waals surface area contributed by atoms with E-state index in [0.29, 0.717) is 24.8 Å². The highest BCUT2D eigenvalue weighted by atomic mass is 16.5. The maximum absolute atomic E-state index is 12.0. The van der Waals surface area contributed by atoms with Gasteiger partial charge in [-0.3, -0.25) is 9.59 Å². The van der Waals surface area contributed by atoms with Crippen molar-refractivity contribution in [3.63, 3.8) is 0 Å². The Morgan fingerprint density at radius 1 is 1.12 bits per heavy atom. The molecule has 1 fully saturated rings. The van der Waals surface area contributed by atoms with Gasteiger partial charge in [0.2, 0.25) is 5.91 Å². The largest absolute Gasteiger partial charge is 0.378 e. The molecule has 0 spiro atoms. The molecule has 5 heteroatoms. The quantitative estimate of drug-likeness (QED) is 0.719. The Hall–Kier alpha value is -1.88. The van der Waals surface area contributed by atoms with Gasteiger partial charge in [0.1, 0.15) is 0 Å². The topological polar surface area (TPSA) is 67.4 Å². The van der Waals surface area contributed by atoms with Crippen molar-refractivity contribution in [2.24, 2.45) is 0 Å². The first kappa shape index (κ1) is 18.5. The second kappa shape index (κ2) is 10.1. The maximum Gasteiger partial charge on any atom is 0.251 e. The van der Waals surface area contributed by atoms with E-state index in [4.69, 9.17) is 4.74 Å². The average Bonchev–Trinajstić information content (AvgIpc) is 2.60.